The Balaban J connectivity index is 1.72. The molecule has 0 aliphatic rings. The molecule has 0 saturated carbocycles. The van der Waals surface area contributed by atoms with E-state index in [0.717, 1.165) is 22.4 Å². The normalized spacial score (nSPS) is 11.7. The Labute approximate surface area is 205 Å². The topological polar surface area (TPSA) is 108 Å². The van der Waals surface area contributed by atoms with E-state index in [9.17, 15) is 8.42 Å². The molecule has 8 nitrogen and oxygen atoms in total. The fourth-order valence-corrected chi connectivity index (χ4v) is 4.08. The van der Waals surface area contributed by atoms with Crippen molar-refractivity contribution in [3.63, 3.8) is 0 Å². The van der Waals surface area contributed by atoms with Crippen LogP contribution in [0.2, 0.25) is 0 Å². The van der Waals surface area contributed by atoms with Gasteiger partial charge in [-0.05, 0) is 42.3 Å². The molecule has 0 radical (unpaired) electrons. The Kier molecular flexibility index (Phi) is 7.07. The minimum Gasteiger partial charge on any atom is -0.372 e. The molecule has 0 bridgehead atoms. The van der Waals surface area contributed by atoms with Crippen LogP contribution in [0.5, 0.6) is 0 Å². The number of hydrogen-bond donors (Lipinski definition) is 3. The maximum Gasteiger partial charge on any atom is 0.231 e. The van der Waals surface area contributed by atoms with E-state index in [1.165, 1.54) is 6.26 Å². The van der Waals surface area contributed by atoms with E-state index in [0.29, 0.717) is 23.3 Å². The lowest BCUT2D eigenvalue weighted by Gasteiger charge is -2.16. The molecule has 0 aliphatic carbocycles. The van der Waals surface area contributed by atoms with Crippen molar-refractivity contribution in [2.75, 3.05) is 29.4 Å². The number of nitrogens with zero attached hydrogens (tertiary/aromatic N) is 3. The molecule has 1 heterocycles. The van der Waals surface area contributed by atoms with Crippen molar-refractivity contribution in [2.45, 2.75) is 11.8 Å². The number of hydrogen-bond acceptors (Lipinski definition) is 8. The molecule has 0 atom stereocenters. The summed E-state index contributed by atoms with van der Waals surface area (Å²) < 4.78 is 23.5. The third-order valence-electron chi connectivity index (χ3n) is 5.27. The highest BCUT2D eigenvalue weighted by molar-refractivity contribution is 7.90. The molecule has 4 rings (SSSR count). The summed E-state index contributed by atoms with van der Waals surface area (Å²) in [6.45, 7) is 1.84. The Morgan fingerprint density at radius 1 is 0.829 bits per heavy atom. The lowest BCUT2D eigenvalue weighted by molar-refractivity contribution is 0.602. The Morgan fingerprint density at radius 2 is 1.43 bits per heavy atom. The molecule has 3 N–H and O–H groups in total. The maximum atomic E-state index is 11.8. The fraction of sp³-hybridized carbons (Fsp3) is 0.115. The molecule has 0 aliphatic heterocycles. The average Bonchev–Trinajstić information content (AvgIpc) is 2.87. The van der Waals surface area contributed by atoms with Crippen molar-refractivity contribution in [1.29, 1.82) is 0 Å². The van der Waals surface area contributed by atoms with Gasteiger partial charge in [0, 0.05) is 19.0 Å². The first-order valence-electron chi connectivity index (χ1n) is 10.9. The Morgan fingerprint density at radius 3 is 2.03 bits per heavy atom. The van der Waals surface area contributed by atoms with Gasteiger partial charge in [0.15, 0.2) is 15.7 Å². The molecule has 0 amide bonds. The SMILES string of the molecule is CNc1nc(Nc2ccccc2)nc(NN=C(C)c2ccc(S(C)(=O)=O)cc2)c1-c1ccccc1. The van der Waals surface area contributed by atoms with Crippen molar-refractivity contribution in [3.8, 4) is 11.1 Å². The lowest BCUT2D eigenvalue weighted by atomic mass is 10.1. The summed E-state index contributed by atoms with van der Waals surface area (Å²) in [6, 6.07) is 26.1. The van der Waals surface area contributed by atoms with Crippen LogP contribution in [-0.4, -0.2) is 37.4 Å². The predicted molar refractivity (Wildman–Crippen MR) is 142 cm³/mol. The van der Waals surface area contributed by atoms with Crippen LogP contribution in [0.25, 0.3) is 11.1 Å². The largest absolute Gasteiger partial charge is 0.372 e. The number of rotatable bonds is 8. The van der Waals surface area contributed by atoms with E-state index >= 15 is 0 Å². The summed E-state index contributed by atoms with van der Waals surface area (Å²) in [6.07, 6.45) is 1.19. The van der Waals surface area contributed by atoms with Gasteiger partial charge < -0.3 is 10.6 Å². The second-order valence-corrected chi connectivity index (χ2v) is 9.85. The molecular formula is C26H26N6O2S. The van der Waals surface area contributed by atoms with Crippen molar-refractivity contribution < 1.29 is 8.42 Å². The zero-order valence-electron chi connectivity index (χ0n) is 19.6. The van der Waals surface area contributed by atoms with Crippen molar-refractivity contribution in [3.05, 3.63) is 90.5 Å². The van der Waals surface area contributed by atoms with Gasteiger partial charge in [0.05, 0.1) is 16.2 Å². The van der Waals surface area contributed by atoms with E-state index in [1.807, 2.05) is 74.6 Å². The second kappa shape index (κ2) is 10.4. The van der Waals surface area contributed by atoms with Crippen LogP contribution in [0.1, 0.15) is 12.5 Å². The van der Waals surface area contributed by atoms with Gasteiger partial charge in [0.2, 0.25) is 5.95 Å². The third-order valence-corrected chi connectivity index (χ3v) is 6.40. The molecule has 4 aromatic rings. The molecular weight excluding hydrogens is 460 g/mol. The number of nitrogens with one attached hydrogen (secondary N) is 3. The summed E-state index contributed by atoms with van der Waals surface area (Å²) in [5.74, 6) is 1.56. The minimum atomic E-state index is -3.26. The van der Waals surface area contributed by atoms with Gasteiger partial charge >= 0.3 is 0 Å². The van der Waals surface area contributed by atoms with Crippen LogP contribution in [0.15, 0.2) is 94.9 Å². The first kappa shape index (κ1) is 23.9. The zero-order valence-corrected chi connectivity index (χ0v) is 20.5. The van der Waals surface area contributed by atoms with E-state index in [1.54, 1.807) is 24.3 Å². The third kappa shape index (κ3) is 5.82. The van der Waals surface area contributed by atoms with E-state index in [2.05, 4.69) is 26.1 Å². The summed E-state index contributed by atoms with van der Waals surface area (Å²) in [7, 11) is -1.45. The maximum absolute atomic E-state index is 11.8. The lowest BCUT2D eigenvalue weighted by Crippen LogP contribution is -2.08. The standard InChI is InChI=1S/C26H26N6O2S/c1-18(19-14-16-22(17-15-19)35(3,33)34)31-32-25-23(20-10-6-4-7-11-20)24(27-2)29-26(30-25)28-21-12-8-5-9-13-21/h4-17H,1-3H3,(H3,27,28,29,30,32). The molecule has 0 saturated heterocycles. The number of benzene rings is 3. The van der Waals surface area contributed by atoms with Gasteiger partial charge in [-0.2, -0.15) is 15.1 Å². The molecule has 9 heteroatoms. The van der Waals surface area contributed by atoms with Gasteiger partial charge in [-0.15, -0.1) is 0 Å². The molecule has 0 unspecified atom stereocenters. The first-order valence-corrected chi connectivity index (χ1v) is 12.8. The van der Waals surface area contributed by atoms with Gasteiger partial charge in [-0.25, -0.2) is 8.42 Å². The summed E-state index contributed by atoms with van der Waals surface area (Å²) >= 11 is 0. The van der Waals surface area contributed by atoms with Crippen LogP contribution in [0, 0.1) is 0 Å². The highest BCUT2D eigenvalue weighted by Crippen LogP contribution is 2.34. The molecule has 178 valence electrons. The summed E-state index contributed by atoms with van der Waals surface area (Å²) in [5.41, 5.74) is 7.12. The quantitative estimate of drug-likeness (QED) is 0.233. The Hall–Kier alpha value is -4.24. The smallest absolute Gasteiger partial charge is 0.231 e. The number of anilines is 4. The number of hydrazone groups is 1. The van der Waals surface area contributed by atoms with Crippen LogP contribution < -0.4 is 16.1 Å². The van der Waals surface area contributed by atoms with Crippen molar-refractivity contribution in [1.82, 2.24) is 9.97 Å². The van der Waals surface area contributed by atoms with Gasteiger partial charge in [-0.1, -0.05) is 60.7 Å². The zero-order chi connectivity index (χ0) is 24.8. The predicted octanol–water partition coefficient (Wildman–Crippen LogP) is 5.17. The van der Waals surface area contributed by atoms with Crippen molar-refractivity contribution >= 4 is 38.8 Å². The summed E-state index contributed by atoms with van der Waals surface area (Å²) in [4.78, 5) is 9.63. The molecule has 0 fully saturated rings. The number of sulfone groups is 1. The second-order valence-electron chi connectivity index (χ2n) is 7.83. The summed E-state index contributed by atoms with van der Waals surface area (Å²) in [5, 5.41) is 10.9. The first-order chi connectivity index (χ1) is 16.8. The number of aromatic nitrogens is 2. The molecule has 3 aromatic carbocycles. The van der Waals surface area contributed by atoms with Crippen LogP contribution in [0.4, 0.5) is 23.3 Å². The van der Waals surface area contributed by atoms with Crippen molar-refractivity contribution in [2.24, 2.45) is 5.10 Å². The highest BCUT2D eigenvalue weighted by atomic mass is 32.2. The minimum absolute atomic E-state index is 0.263. The molecule has 35 heavy (non-hydrogen) atoms. The van der Waals surface area contributed by atoms with E-state index in [4.69, 9.17) is 4.98 Å². The Bertz CT molecular complexity index is 1440. The van der Waals surface area contributed by atoms with Crippen LogP contribution in [0.3, 0.4) is 0 Å². The fourth-order valence-electron chi connectivity index (χ4n) is 3.45. The van der Waals surface area contributed by atoms with Gasteiger partial charge in [0.1, 0.15) is 5.82 Å². The van der Waals surface area contributed by atoms with Crippen LogP contribution >= 0.6 is 0 Å². The van der Waals surface area contributed by atoms with E-state index < -0.39 is 9.84 Å². The van der Waals surface area contributed by atoms with Crippen LogP contribution in [-0.2, 0) is 9.84 Å². The monoisotopic (exact) mass is 486 g/mol. The van der Waals surface area contributed by atoms with E-state index in [-0.39, 0.29) is 4.90 Å². The molecule has 1 aromatic heterocycles. The highest BCUT2D eigenvalue weighted by Gasteiger charge is 2.16. The van der Waals surface area contributed by atoms with Gasteiger partial charge in [0.25, 0.3) is 0 Å². The number of para-hydroxylation sites is 1. The average molecular weight is 487 g/mol. The van der Waals surface area contributed by atoms with Gasteiger partial charge in [-0.3, -0.25) is 5.43 Å². The molecule has 0 spiro atoms.